The molecule has 0 aromatic carbocycles. The molecule has 0 heterocycles. The molecule has 0 aliphatic heterocycles. The summed E-state index contributed by atoms with van der Waals surface area (Å²) in [6, 6.07) is 0. The number of rotatable bonds is 0. The Labute approximate surface area is 42.2 Å². The maximum atomic E-state index is 9.44. The Hall–Kier alpha value is 0.189. The zero-order chi connectivity index (χ0) is 3.58. The number of hydrogen-bond acceptors (Lipinski definition) is 1. The Morgan fingerprint density at radius 2 is 1.40 bits per heavy atom. The van der Waals surface area contributed by atoms with Crippen molar-refractivity contribution >= 4 is 5.78 Å². The second kappa shape index (κ2) is 4.19. The second-order valence-corrected chi connectivity index (χ2v) is 0.908. The van der Waals surface area contributed by atoms with Gasteiger partial charge in [0.2, 0.25) is 0 Å². The van der Waals surface area contributed by atoms with Gasteiger partial charge in [-0.15, -0.1) is 0 Å². The van der Waals surface area contributed by atoms with Gasteiger partial charge >= 0.3 is 17.1 Å². The van der Waals surface area contributed by atoms with Crippen LogP contribution in [0.15, 0.2) is 0 Å². The zero-order valence-electron chi connectivity index (χ0n) is 3.26. The van der Waals surface area contributed by atoms with Gasteiger partial charge in [0.25, 0.3) is 0 Å². The third-order valence-electron chi connectivity index (χ3n) is 0. The molecule has 0 bridgehead atoms. The minimum Gasteiger partial charge on any atom is -0.300 e. The van der Waals surface area contributed by atoms with E-state index in [0.717, 1.165) is 0 Å². The van der Waals surface area contributed by atoms with E-state index in [2.05, 4.69) is 0 Å². The van der Waals surface area contributed by atoms with Gasteiger partial charge < -0.3 is 4.79 Å². The quantitative estimate of drug-likeness (QED) is 0.421. The maximum absolute atomic E-state index is 9.44. The van der Waals surface area contributed by atoms with E-state index in [-0.39, 0.29) is 22.9 Å². The van der Waals surface area contributed by atoms with E-state index in [9.17, 15) is 4.79 Å². The molecule has 0 aliphatic carbocycles. The van der Waals surface area contributed by atoms with E-state index in [4.69, 9.17) is 0 Å². The van der Waals surface area contributed by atoms with Crippen molar-refractivity contribution in [1.29, 1.82) is 0 Å². The first-order valence-corrected chi connectivity index (χ1v) is 1.20. The molecule has 0 aromatic heterocycles. The van der Waals surface area contributed by atoms with E-state index in [1.807, 2.05) is 0 Å². The molecule has 5 heavy (non-hydrogen) atoms. The van der Waals surface area contributed by atoms with Gasteiger partial charge in [0.05, 0.1) is 0 Å². The standard InChI is InChI=1S/C3H6O.Fe/c1-3(2)4;/h1-2H3;/q;+2. The van der Waals surface area contributed by atoms with Crippen molar-refractivity contribution in [3.05, 3.63) is 0 Å². The average Bonchev–Trinajstić information content (AvgIpc) is 0.811. The van der Waals surface area contributed by atoms with Crippen LogP contribution in [0.2, 0.25) is 0 Å². The van der Waals surface area contributed by atoms with Crippen molar-refractivity contribution in [2.75, 3.05) is 0 Å². The fraction of sp³-hybridized carbons (Fsp3) is 0.667. The molecule has 0 unspecified atom stereocenters. The van der Waals surface area contributed by atoms with Crippen LogP contribution in [0.3, 0.4) is 0 Å². The first-order chi connectivity index (χ1) is 1.73. The van der Waals surface area contributed by atoms with E-state index in [1.54, 1.807) is 0 Å². The van der Waals surface area contributed by atoms with Crippen molar-refractivity contribution in [3.8, 4) is 0 Å². The predicted molar refractivity (Wildman–Crippen MR) is 16.4 cm³/mol. The van der Waals surface area contributed by atoms with Gasteiger partial charge in [0, 0.05) is 0 Å². The maximum Gasteiger partial charge on any atom is 2.00 e. The van der Waals surface area contributed by atoms with Gasteiger partial charge in [-0.25, -0.2) is 0 Å². The minimum absolute atomic E-state index is 0. The summed E-state index contributed by atoms with van der Waals surface area (Å²) in [4.78, 5) is 9.44. The van der Waals surface area contributed by atoms with E-state index < -0.39 is 0 Å². The molecule has 2 heteroatoms. The molecule has 30 valence electrons. The van der Waals surface area contributed by atoms with E-state index in [0.29, 0.717) is 0 Å². The van der Waals surface area contributed by atoms with E-state index in [1.165, 1.54) is 13.8 Å². The summed E-state index contributed by atoms with van der Waals surface area (Å²) in [5, 5.41) is 0. The Morgan fingerprint density at radius 3 is 1.40 bits per heavy atom. The predicted octanol–water partition coefficient (Wildman–Crippen LogP) is 0.593. The Morgan fingerprint density at radius 1 is 1.40 bits per heavy atom. The Bertz CT molecular complexity index is 29.9. The molecule has 0 aromatic rings. The van der Waals surface area contributed by atoms with Gasteiger partial charge in [0.1, 0.15) is 5.78 Å². The summed E-state index contributed by atoms with van der Waals surface area (Å²) in [6.45, 7) is 3.06. The van der Waals surface area contributed by atoms with Crippen LogP contribution < -0.4 is 0 Å². The van der Waals surface area contributed by atoms with Crippen LogP contribution >= 0.6 is 0 Å². The summed E-state index contributed by atoms with van der Waals surface area (Å²) >= 11 is 0. The number of ketones is 1. The van der Waals surface area contributed by atoms with Crippen LogP contribution in [0.4, 0.5) is 0 Å². The number of carbonyl (C=O) groups excluding carboxylic acids is 1. The van der Waals surface area contributed by atoms with Crippen molar-refractivity contribution in [3.63, 3.8) is 0 Å². The van der Waals surface area contributed by atoms with Crippen LogP contribution in [-0.2, 0) is 21.9 Å². The summed E-state index contributed by atoms with van der Waals surface area (Å²) in [7, 11) is 0. The molecule has 1 nitrogen and oxygen atoms in total. The molecule has 0 spiro atoms. The molecule has 0 aliphatic rings. The normalized spacial score (nSPS) is 5.20. The molecule has 0 N–H and O–H groups in total. The monoisotopic (exact) mass is 114 g/mol. The van der Waals surface area contributed by atoms with Crippen LogP contribution in [0.1, 0.15) is 13.8 Å². The fourth-order valence-electron chi connectivity index (χ4n) is 0. The van der Waals surface area contributed by atoms with Gasteiger partial charge in [-0.1, -0.05) is 0 Å². The van der Waals surface area contributed by atoms with Crippen LogP contribution in [-0.4, -0.2) is 5.78 Å². The molecule has 0 amide bonds. The minimum atomic E-state index is 0. The van der Waals surface area contributed by atoms with Crippen molar-refractivity contribution in [2.24, 2.45) is 0 Å². The average molecular weight is 114 g/mol. The molecule has 0 atom stereocenters. The third-order valence-corrected chi connectivity index (χ3v) is 0. The fourth-order valence-corrected chi connectivity index (χ4v) is 0. The summed E-state index contributed by atoms with van der Waals surface area (Å²) in [5.41, 5.74) is 0. The molecule has 0 fully saturated rings. The van der Waals surface area contributed by atoms with E-state index >= 15 is 0 Å². The van der Waals surface area contributed by atoms with Gasteiger partial charge in [-0.2, -0.15) is 0 Å². The Balaban J connectivity index is 0. The van der Waals surface area contributed by atoms with Gasteiger partial charge in [-0.05, 0) is 13.8 Å². The molecule has 0 rings (SSSR count). The molecule has 0 radical (unpaired) electrons. The third kappa shape index (κ3) is 559. The second-order valence-electron chi connectivity index (χ2n) is 0.908. The van der Waals surface area contributed by atoms with Crippen LogP contribution in [0.25, 0.3) is 0 Å². The SMILES string of the molecule is CC(C)=O.[Fe+2]. The summed E-state index contributed by atoms with van der Waals surface area (Å²) in [6.07, 6.45) is 0. The van der Waals surface area contributed by atoms with Crippen molar-refractivity contribution in [2.45, 2.75) is 13.8 Å². The van der Waals surface area contributed by atoms with Crippen molar-refractivity contribution < 1.29 is 21.9 Å². The van der Waals surface area contributed by atoms with Gasteiger partial charge in [-0.3, -0.25) is 0 Å². The summed E-state index contributed by atoms with van der Waals surface area (Å²) in [5.74, 6) is 0.167. The zero-order valence-corrected chi connectivity index (χ0v) is 4.37. The number of carbonyl (C=O) groups is 1. The first-order valence-electron chi connectivity index (χ1n) is 1.20. The number of hydrogen-bond donors (Lipinski definition) is 0. The number of Topliss-reactive ketones (excluding diaryl/α,β-unsaturated/α-hetero) is 1. The Kier molecular flexibility index (Phi) is 7.50. The largest absolute Gasteiger partial charge is 2.00 e. The van der Waals surface area contributed by atoms with Crippen molar-refractivity contribution in [1.82, 2.24) is 0 Å². The van der Waals surface area contributed by atoms with Crippen LogP contribution in [0, 0.1) is 0 Å². The topological polar surface area (TPSA) is 17.1 Å². The molecule has 0 saturated heterocycles. The summed E-state index contributed by atoms with van der Waals surface area (Å²) < 4.78 is 0. The molecular formula is C3H6FeO+2. The molecule has 0 saturated carbocycles. The van der Waals surface area contributed by atoms with Crippen LogP contribution in [0.5, 0.6) is 0 Å². The molecular weight excluding hydrogens is 108 g/mol. The van der Waals surface area contributed by atoms with Gasteiger partial charge in [0.15, 0.2) is 0 Å². The first kappa shape index (κ1) is 8.95. The smallest absolute Gasteiger partial charge is 0.300 e.